The molecule has 0 atom stereocenters. The Bertz CT molecular complexity index is 1430. The fourth-order valence-corrected chi connectivity index (χ4v) is 3.92. The minimum atomic E-state index is -0.689. The van der Waals surface area contributed by atoms with E-state index in [0.717, 1.165) is 4.90 Å². The molecular weight excluding hydrogens is 517 g/mol. The Labute approximate surface area is 222 Å². The van der Waals surface area contributed by atoms with Crippen molar-refractivity contribution in [2.75, 3.05) is 15.5 Å². The minimum absolute atomic E-state index is 0.118. The van der Waals surface area contributed by atoms with E-state index < -0.39 is 23.7 Å². The number of ether oxygens (including phenoxy) is 1. The summed E-state index contributed by atoms with van der Waals surface area (Å²) in [4.78, 5) is 51.4. The van der Waals surface area contributed by atoms with Crippen LogP contribution in [0, 0.1) is 0 Å². The van der Waals surface area contributed by atoms with E-state index >= 15 is 0 Å². The molecule has 4 rings (SSSR count). The average Bonchev–Trinajstić information content (AvgIpc) is 3.07. The molecular formula is C27H21Cl2N3O5. The summed E-state index contributed by atoms with van der Waals surface area (Å²) in [5.74, 6) is -2.21. The maximum Gasteiger partial charge on any atom is 0.338 e. The van der Waals surface area contributed by atoms with Crippen molar-refractivity contribution in [2.45, 2.75) is 20.0 Å². The number of imide groups is 1. The lowest BCUT2D eigenvalue weighted by Crippen LogP contribution is -2.32. The van der Waals surface area contributed by atoms with E-state index in [2.05, 4.69) is 10.6 Å². The first-order chi connectivity index (χ1) is 17.6. The van der Waals surface area contributed by atoms with Gasteiger partial charge >= 0.3 is 5.97 Å². The summed E-state index contributed by atoms with van der Waals surface area (Å²) < 4.78 is 5.15. The highest BCUT2D eigenvalue weighted by Crippen LogP contribution is 2.31. The first-order valence-corrected chi connectivity index (χ1v) is 11.9. The lowest BCUT2D eigenvalue weighted by Gasteiger charge is -2.15. The summed E-state index contributed by atoms with van der Waals surface area (Å²) in [6.07, 6.45) is -0.240. The van der Waals surface area contributed by atoms with E-state index in [1.54, 1.807) is 74.5 Å². The predicted molar refractivity (Wildman–Crippen MR) is 142 cm³/mol. The van der Waals surface area contributed by atoms with Crippen LogP contribution in [0.15, 0.2) is 83.5 Å². The topological polar surface area (TPSA) is 105 Å². The third kappa shape index (κ3) is 5.82. The number of nitrogens with one attached hydrogen (secondary N) is 2. The van der Waals surface area contributed by atoms with Gasteiger partial charge in [0, 0.05) is 22.0 Å². The van der Waals surface area contributed by atoms with Crippen molar-refractivity contribution in [3.05, 3.63) is 99.7 Å². The molecule has 0 saturated heterocycles. The molecule has 1 aliphatic heterocycles. The molecule has 8 nitrogen and oxygen atoms in total. The van der Waals surface area contributed by atoms with Crippen molar-refractivity contribution in [3.8, 4) is 0 Å². The van der Waals surface area contributed by atoms with Crippen LogP contribution < -0.4 is 15.5 Å². The predicted octanol–water partition coefficient (Wildman–Crippen LogP) is 5.59. The van der Waals surface area contributed by atoms with Gasteiger partial charge in [-0.1, -0.05) is 35.3 Å². The molecule has 2 N–H and O–H groups in total. The van der Waals surface area contributed by atoms with Crippen LogP contribution in [0.3, 0.4) is 0 Å². The molecule has 1 heterocycles. The molecule has 0 unspecified atom stereocenters. The Balaban J connectivity index is 1.47. The van der Waals surface area contributed by atoms with Crippen molar-refractivity contribution in [1.29, 1.82) is 0 Å². The number of carbonyl (C=O) groups is 4. The van der Waals surface area contributed by atoms with Gasteiger partial charge in [-0.2, -0.15) is 0 Å². The summed E-state index contributed by atoms with van der Waals surface area (Å²) in [6.45, 7) is 3.52. The van der Waals surface area contributed by atoms with Gasteiger partial charge in [0.15, 0.2) is 0 Å². The third-order valence-corrected chi connectivity index (χ3v) is 5.79. The van der Waals surface area contributed by atoms with Gasteiger partial charge in [-0.3, -0.25) is 14.4 Å². The van der Waals surface area contributed by atoms with E-state index in [1.807, 2.05) is 0 Å². The number of hydrogen-bond acceptors (Lipinski definition) is 6. The maximum absolute atomic E-state index is 13.0. The molecule has 1 aliphatic rings. The molecule has 0 aliphatic carbocycles. The van der Waals surface area contributed by atoms with Gasteiger partial charge in [-0.15, -0.1) is 0 Å². The summed E-state index contributed by atoms with van der Waals surface area (Å²) >= 11 is 12.2. The van der Waals surface area contributed by atoms with Crippen LogP contribution >= 0.6 is 23.2 Å². The second-order valence-electron chi connectivity index (χ2n) is 8.31. The fraction of sp³-hybridized carbons (Fsp3) is 0.111. The Kier molecular flexibility index (Phi) is 7.61. The van der Waals surface area contributed by atoms with Crippen LogP contribution in [0.25, 0.3) is 0 Å². The number of halogens is 2. The number of hydrogen-bond donors (Lipinski definition) is 2. The van der Waals surface area contributed by atoms with Crippen LogP contribution in [-0.4, -0.2) is 29.8 Å². The highest BCUT2D eigenvalue weighted by molar-refractivity contribution is 6.53. The van der Waals surface area contributed by atoms with E-state index in [-0.39, 0.29) is 28.1 Å². The molecule has 3 amide bonds. The summed E-state index contributed by atoms with van der Waals surface area (Å²) in [6, 6.07) is 18.9. The molecule has 0 aromatic heterocycles. The van der Waals surface area contributed by atoms with Crippen LogP contribution in [0.2, 0.25) is 5.02 Å². The zero-order chi connectivity index (χ0) is 26.7. The van der Waals surface area contributed by atoms with Gasteiger partial charge in [0.1, 0.15) is 10.7 Å². The summed E-state index contributed by atoms with van der Waals surface area (Å²) in [5, 5.41) is 5.68. The molecule has 188 valence electrons. The summed E-state index contributed by atoms with van der Waals surface area (Å²) in [7, 11) is 0. The molecule has 37 heavy (non-hydrogen) atoms. The van der Waals surface area contributed by atoms with E-state index in [4.69, 9.17) is 27.9 Å². The molecule has 0 saturated carbocycles. The number of carbonyl (C=O) groups excluding carboxylic acids is 4. The zero-order valence-corrected chi connectivity index (χ0v) is 21.3. The lowest BCUT2D eigenvalue weighted by atomic mass is 10.1. The smallest absolute Gasteiger partial charge is 0.338 e. The third-order valence-electron chi connectivity index (χ3n) is 5.21. The van der Waals surface area contributed by atoms with Crippen molar-refractivity contribution in [2.24, 2.45) is 0 Å². The molecule has 0 radical (unpaired) electrons. The highest BCUT2D eigenvalue weighted by Gasteiger charge is 2.39. The van der Waals surface area contributed by atoms with Gasteiger partial charge in [-0.25, -0.2) is 9.69 Å². The standard InChI is InChI=1S/C27H21Cl2N3O5/c1-15(2)37-27(36)16-9-11-19(12-10-16)31-24(33)17-5-3-7-20(13-17)30-23-22(29)25(34)32(26(23)35)21-8-4-6-18(28)14-21/h3-15,30H,1-2H3,(H,31,33). The number of esters is 1. The van der Waals surface area contributed by atoms with Crippen LogP contribution in [-0.2, 0) is 14.3 Å². The molecule has 0 fully saturated rings. The largest absolute Gasteiger partial charge is 0.459 e. The number of nitrogens with zero attached hydrogens (tertiary/aromatic N) is 1. The Morgan fingerprint density at radius 1 is 0.838 bits per heavy atom. The van der Waals surface area contributed by atoms with E-state index in [1.165, 1.54) is 12.1 Å². The molecule has 0 spiro atoms. The molecule has 10 heteroatoms. The number of amides is 3. The molecule has 3 aromatic carbocycles. The van der Waals surface area contributed by atoms with Gasteiger partial charge in [0.2, 0.25) is 0 Å². The average molecular weight is 538 g/mol. The second-order valence-corrected chi connectivity index (χ2v) is 9.12. The molecule has 3 aromatic rings. The Hall–Kier alpha value is -4.14. The van der Waals surface area contributed by atoms with Crippen molar-refractivity contribution in [3.63, 3.8) is 0 Å². The van der Waals surface area contributed by atoms with Crippen molar-refractivity contribution < 1.29 is 23.9 Å². The van der Waals surface area contributed by atoms with E-state index in [9.17, 15) is 19.2 Å². The van der Waals surface area contributed by atoms with Crippen molar-refractivity contribution in [1.82, 2.24) is 0 Å². The Morgan fingerprint density at radius 3 is 2.22 bits per heavy atom. The van der Waals surface area contributed by atoms with Gasteiger partial charge in [0.25, 0.3) is 17.7 Å². The van der Waals surface area contributed by atoms with Crippen molar-refractivity contribution >= 4 is 64.0 Å². The summed E-state index contributed by atoms with van der Waals surface area (Å²) in [5.41, 5.74) is 1.67. The highest BCUT2D eigenvalue weighted by atomic mass is 35.5. The second kappa shape index (κ2) is 10.9. The van der Waals surface area contributed by atoms with Crippen LogP contribution in [0.5, 0.6) is 0 Å². The maximum atomic E-state index is 13.0. The monoisotopic (exact) mass is 537 g/mol. The molecule has 0 bridgehead atoms. The first-order valence-electron chi connectivity index (χ1n) is 11.2. The number of rotatable bonds is 7. The van der Waals surface area contributed by atoms with Gasteiger partial charge in [0.05, 0.1) is 17.4 Å². The number of anilines is 3. The minimum Gasteiger partial charge on any atom is -0.459 e. The Morgan fingerprint density at radius 2 is 1.54 bits per heavy atom. The zero-order valence-electron chi connectivity index (χ0n) is 19.7. The SMILES string of the molecule is CC(C)OC(=O)c1ccc(NC(=O)c2cccc(NC3=C(Cl)C(=O)N(c4cccc(Cl)c4)C3=O)c2)cc1. The number of benzene rings is 3. The lowest BCUT2D eigenvalue weighted by molar-refractivity contribution is -0.120. The van der Waals surface area contributed by atoms with Crippen LogP contribution in [0.4, 0.5) is 17.1 Å². The van der Waals surface area contributed by atoms with Gasteiger partial charge < -0.3 is 15.4 Å². The van der Waals surface area contributed by atoms with E-state index in [0.29, 0.717) is 22.0 Å². The fourth-order valence-electron chi connectivity index (χ4n) is 3.52. The van der Waals surface area contributed by atoms with Gasteiger partial charge in [-0.05, 0) is 74.5 Å². The quantitative estimate of drug-likeness (QED) is 0.300. The normalized spacial score (nSPS) is 13.3. The van der Waals surface area contributed by atoms with Crippen LogP contribution in [0.1, 0.15) is 34.6 Å². The first kappa shape index (κ1) is 25.9.